The van der Waals surface area contributed by atoms with Crippen molar-refractivity contribution >= 4 is 45.6 Å². The minimum absolute atomic E-state index is 0.0162. The molecule has 4 aromatic rings. The van der Waals surface area contributed by atoms with Crippen LogP contribution >= 0.6 is 11.6 Å². The molecule has 2 saturated carbocycles. The highest BCUT2D eigenvalue weighted by molar-refractivity contribution is 6.32. The Morgan fingerprint density at radius 2 is 1.75 bits per heavy atom. The first-order valence-electron chi connectivity index (χ1n) is 24.6. The molecule has 5 N–H and O–H groups in total. The topological polar surface area (TPSA) is 137 Å². The number of allylic oxidation sites excluding steroid dienone is 1. The van der Waals surface area contributed by atoms with Gasteiger partial charge >= 0.3 is 12.2 Å². The van der Waals surface area contributed by atoms with Crippen molar-refractivity contribution in [3.8, 4) is 17.3 Å². The molecule has 6 aliphatic rings. The molecule has 0 radical (unpaired) electrons. The van der Waals surface area contributed by atoms with E-state index in [1.807, 2.05) is 12.1 Å². The molecule has 4 saturated heterocycles. The Labute approximate surface area is 405 Å². The van der Waals surface area contributed by atoms with E-state index >= 15 is 8.78 Å². The molecule has 69 heavy (non-hydrogen) atoms. The Hall–Kier alpha value is -4.84. The number of hydrogen-bond donors (Lipinski definition) is 4. The maximum atomic E-state index is 16.8. The molecule has 6 heterocycles. The van der Waals surface area contributed by atoms with E-state index in [1.165, 1.54) is 25.1 Å². The van der Waals surface area contributed by atoms with Gasteiger partial charge in [0, 0.05) is 73.4 Å². The van der Waals surface area contributed by atoms with Crippen LogP contribution < -0.4 is 31.3 Å². The molecule has 1 spiro atoms. The largest absolute Gasteiger partial charge is 0.463 e. The number of fused-ring (bicyclic) bond motifs is 3. The fourth-order valence-corrected chi connectivity index (χ4v) is 12.4. The van der Waals surface area contributed by atoms with E-state index in [1.54, 1.807) is 13.1 Å². The second-order valence-corrected chi connectivity index (χ2v) is 21.2. The highest BCUT2D eigenvalue weighted by Crippen LogP contribution is 2.54. The number of likely N-dealkylation sites (tertiary alicyclic amines) is 2. The van der Waals surface area contributed by atoms with Gasteiger partial charge in [-0.15, -0.1) is 6.58 Å². The molecule has 2 aliphatic carbocycles. The number of benzene rings is 2. The Kier molecular flexibility index (Phi) is 13.2. The molecule has 2 bridgehead atoms. The van der Waals surface area contributed by atoms with Crippen molar-refractivity contribution in [3.63, 3.8) is 0 Å². The summed E-state index contributed by atoms with van der Waals surface area (Å²) in [5.74, 6) is -0.774. The molecule has 370 valence electrons. The molecule has 18 heteroatoms. The number of rotatable bonds is 15. The van der Waals surface area contributed by atoms with E-state index in [-0.39, 0.29) is 52.4 Å². The standard InChI is InChI=1S/C51H62ClF5N10O2/c1-3-4-5-41(47(68)59-2)62-32-8-9-36(40(53)22-32)30-10-16-66(17-11-30)35-23-49(24-35)14-18-65(19-15-49)28-50(12-13-50)29-69-48-63-45-38(46(64-48)67-26-33-6-7-34(27-67)61-33)25-60-44(43(45)54)37-20-31(58)21-39(52)42(37)51(55,56)57/h3,8-9,20-22,25,30,33-35,41,61-62H,1,4-7,10-19,23-24,26-29,58H2,2H3,(H,59,68). The number of pyridine rings is 1. The number of piperidine rings is 2. The number of nitrogens with two attached hydrogens (primary N) is 1. The predicted octanol–water partition coefficient (Wildman–Crippen LogP) is 8.94. The molecule has 12 nitrogen and oxygen atoms in total. The number of nitrogen functional groups attached to an aromatic ring is 1. The van der Waals surface area contributed by atoms with Crippen molar-refractivity contribution in [2.24, 2.45) is 10.8 Å². The average Bonchev–Trinajstić information content (AvgIpc) is 4.00. The van der Waals surface area contributed by atoms with Crippen LogP contribution in [0.2, 0.25) is 5.02 Å². The van der Waals surface area contributed by atoms with Crippen LogP contribution in [-0.2, 0) is 11.0 Å². The van der Waals surface area contributed by atoms with Gasteiger partial charge in [-0.05, 0) is 144 Å². The fraction of sp³-hybridized carbons (Fsp3) is 0.569. The Balaban J connectivity index is 0.751. The molecule has 10 rings (SSSR count). The van der Waals surface area contributed by atoms with E-state index in [9.17, 15) is 18.0 Å². The third kappa shape index (κ3) is 9.94. The lowest BCUT2D eigenvalue weighted by Gasteiger charge is -2.56. The first kappa shape index (κ1) is 47.8. The van der Waals surface area contributed by atoms with Gasteiger partial charge in [0.2, 0.25) is 5.91 Å². The number of amides is 1. The number of carbonyl (C=O) groups excluding carboxylic acids is 1. The van der Waals surface area contributed by atoms with Crippen LogP contribution in [0.1, 0.15) is 94.1 Å². The van der Waals surface area contributed by atoms with Gasteiger partial charge in [0.1, 0.15) is 28.9 Å². The number of carbonyl (C=O) groups is 1. The summed E-state index contributed by atoms with van der Waals surface area (Å²) in [4.78, 5) is 33.2. The molecular weight excluding hydrogens is 915 g/mol. The predicted molar refractivity (Wildman–Crippen MR) is 258 cm³/mol. The van der Waals surface area contributed by atoms with Crippen molar-refractivity contribution in [2.75, 3.05) is 75.4 Å². The van der Waals surface area contributed by atoms with Crippen molar-refractivity contribution < 1.29 is 31.5 Å². The van der Waals surface area contributed by atoms with Gasteiger partial charge in [-0.2, -0.15) is 23.1 Å². The molecule has 3 unspecified atom stereocenters. The third-order valence-electron chi connectivity index (χ3n) is 16.1. The molecular formula is C51H62ClF5N10O2. The number of likely N-dealkylation sites (N-methyl/N-ethyl adjacent to an activating group) is 1. The quantitative estimate of drug-likeness (QED) is 0.0517. The van der Waals surface area contributed by atoms with Crippen LogP contribution in [0.25, 0.3) is 22.2 Å². The second-order valence-electron chi connectivity index (χ2n) is 20.8. The van der Waals surface area contributed by atoms with Gasteiger partial charge in [-0.1, -0.05) is 23.7 Å². The first-order valence-corrected chi connectivity index (χ1v) is 25.0. The summed E-state index contributed by atoms with van der Waals surface area (Å²) >= 11 is 6.06. The zero-order valence-corrected chi connectivity index (χ0v) is 39.9. The Bertz CT molecular complexity index is 2560. The van der Waals surface area contributed by atoms with Crippen LogP contribution in [0.15, 0.2) is 49.2 Å². The van der Waals surface area contributed by atoms with Crippen LogP contribution in [0.3, 0.4) is 0 Å². The molecule has 1 amide bonds. The zero-order valence-electron chi connectivity index (χ0n) is 39.1. The first-order chi connectivity index (χ1) is 33.1. The number of nitrogens with zero attached hydrogens (tertiary/aromatic N) is 6. The van der Waals surface area contributed by atoms with Gasteiger partial charge in [0.25, 0.3) is 0 Å². The summed E-state index contributed by atoms with van der Waals surface area (Å²) < 4.78 is 81.6. The number of aromatic nitrogens is 3. The SMILES string of the molecule is C=CCCC(Nc1ccc(C2CCN(C3CC4(CCN(CC5(COc6nc(N7CC8CCC(C7)N8)c7cnc(-c8cc(N)cc(Cl)c8C(F)(F)F)c(F)c7n6)CC5)CC4)C3)CC2)c(F)c1)C(=O)NC. The fourth-order valence-electron chi connectivity index (χ4n) is 12.0. The lowest BCUT2D eigenvalue weighted by atomic mass is 9.59. The number of alkyl halides is 3. The number of piperazine rings is 1. The smallest absolute Gasteiger partial charge is 0.418 e. The summed E-state index contributed by atoms with van der Waals surface area (Å²) in [5.41, 5.74) is 4.97. The van der Waals surface area contributed by atoms with Crippen molar-refractivity contribution in [3.05, 3.63) is 77.0 Å². The van der Waals surface area contributed by atoms with Gasteiger partial charge in [-0.3, -0.25) is 9.78 Å². The van der Waals surface area contributed by atoms with E-state index in [0.717, 1.165) is 102 Å². The number of hydrogen-bond acceptors (Lipinski definition) is 11. The second kappa shape index (κ2) is 19.1. The number of halogens is 6. The van der Waals surface area contributed by atoms with E-state index in [4.69, 9.17) is 27.1 Å². The number of anilines is 3. The monoisotopic (exact) mass is 976 g/mol. The maximum Gasteiger partial charge on any atom is 0.418 e. The molecule has 3 atom stereocenters. The van der Waals surface area contributed by atoms with Gasteiger partial charge < -0.3 is 41.1 Å². The normalized spacial score (nSPS) is 23.2. The minimum Gasteiger partial charge on any atom is -0.463 e. The molecule has 2 aromatic heterocycles. The lowest BCUT2D eigenvalue weighted by Crippen LogP contribution is -2.56. The summed E-state index contributed by atoms with van der Waals surface area (Å²) in [7, 11) is 1.60. The van der Waals surface area contributed by atoms with Crippen LogP contribution in [0.4, 0.5) is 39.1 Å². The zero-order chi connectivity index (χ0) is 48.2. The van der Waals surface area contributed by atoms with Crippen LogP contribution in [-0.4, -0.2) is 114 Å². The minimum atomic E-state index is -4.90. The summed E-state index contributed by atoms with van der Waals surface area (Å²) in [6, 6.07) is 7.88. The molecule has 6 fully saturated rings. The average molecular weight is 978 g/mol. The van der Waals surface area contributed by atoms with E-state index in [2.05, 4.69) is 47.2 Å². The summed E-state index contributed by atoms with van der Waals surface area (Å²) in [6.07, 6.45) is 9.94. The lowest BCUT2D eigenvalue weighted by molar-refractivity contribution is -0.137. The van der Waals surface area contributed by atoms with Crippen LogP contribution in [0.5, 0.6) is 6.01 Å². The van der Waals surface area contributed by atoms with Gasteiger partial charge in [-0.25, -0.2) is 8.78 Å². The van der Waals surface area contributed by atoms with Crippen LogP contribution in [0, 0.1) is 22.5 Å². The highest BCUT2D eigenvalue weighted by atomic mass is 35.5. The maximum absolute atomic E-state index is 16.8. The number of ether oxygens (including phenoxy) is 1. The van der Waals surface area contributed by atoms with Gasteiger partial charge in [0.15, 0.2) is 5.82 Å². The number of nitrogens with one attached hydrogen (secondary N) is 3. The van der Waals surface area contributed by atoms with Crippen molar-refractivity contribution in [1.82, 2.24) is 35.4 Å². The van der Waals surface area contributed by atoms with Gasteiger partial charge in [0.05, 0.1) is 22.6 Å². The molecule has 4 aliphatic heterocycles. The summed E-state index contributed by atoms with van der Waals surface area (Å²) in [6.45, 7) is 10.2. The Morgan fingerprint density at radius 1 is 1.03 bits per heavy atom. The third-order valence-corrected chi connectivity index (χ3v) is 16.4. The summed E-state index contributed by atoms with van der Waals surface area (Å²) in [5, 5.41) is 9.13. The van der Waals surface area contributed by atoms with Crippen molar-refractivity contribution in [1.29, 1.82) is 0 Å². The van der Waals surface area contributed by atoms with Crippen molar-refractivity contribution in [2.45, 2.75) is 113 Å². The highest BCUT2D eigenvalue weighted by Gasteiger charge is 2.51. The van der Waals surface area contributed by atoms with E-state index in [0.29, 0.717) is 60.9 Å². The Morgan fingerprint density at radius 3 is 2.41 bits per heavy atom. The van der Waals surface area contributed by atoms with E-state index < -0.39 is 39.9 Å². The molecule has 2 aromatic carbocycles.